The molecule has 2 saturated carbocycles. The van der Waals surface area contributed by atoms with Gasteiger partial charge in [0, 0.05) is 45.2 Å². The molecule has 0 aromatic heterocycles. The van der Waals surface area contributed by atoms with Crippen LogP contribution in [-0.2, 0) is 9.59 Å². The van der Waals surface area contributed by atoms with E-state index in [2.05, 4.69) is 14.7 Å². The maximum absolute atomic E-state index is 13.2. The van der Waals surface area contributed by atoms with Gasteiger partial charge in [0.05, 0.1) is 6.04 Å². The fraction of sp³-hybridized carbons (Fsp3) is 0.900. The Balaban J connectivity index is 1.39. The van der Waals surface area contributed by atoms with Crippen LogP contribution in [0.15, 0.2) is 0 Å². The van der Waals surface area contributed by atoms with E-state index < -0.39 is 0 Å². The summed E-state index contributed by atoms with van der Waals surface area (Å²) in [6.07, 6.45) is 10.6. The van der Waals surface area contributed by atoms with Gasteiger partial charge in [0.1, 0.15) is 0 Å². The molecule has 2 aliphatic carbocycles. The zero-order valence-corrected chi connectivity index (χ0v) is 15.5. The van der Waals surface area contributed by atoms with Gasteiger partial charge in [-0.25, -0.2) is 0 Å². The van der Waals surface area contributed by atoms with Crippen LogP contribution in [0.25, 0.3) is 0 Å². The summed E-state index contributed by atoms with van der Waals surface area (Å²) in [5.41, 5.74) is 0. The highest BCUT2D eigenvalue weighted by molar-refractivity contribution is 5.83. The molecule has 0 aromatic rings. The Morgan fingerprint density at radius 2 is 1.32 bits per heavy atom. The molecule has 4 fully saturated rings. The number of likely N-dealkylation sites (tertiary alicyclic amines) is 1. The quantitative estimate of drug-likeness (QED) is 0.782. The number of piperazine rings is 1. The number of hydrogen-bond acceptors (Lipinski definition) is 3. The van der Waals surface area contributed by atoms with E-state index in [1.807, 2.05) is 0 Å². The van der Waals surface area contributed by atoms with Crippen LogP contribution in [0.4, 0.5) is 0 Å². The van der Waals surface area contributed by atoms with Crippen LogP contribution in [0.1, 0.15) is 57.8 Å². The fourth-order valence-electron chi connectivity index (χ4n) is 5.19. The third-order valence-electron chi connectivity index (χ3n) is 6.99. The molecule has 0 aromatic carbocycles. The molecule has 5 nitrogen and oxygen atoms in total. The Morgan fingerprint density at radius 3 is 1.88 bits per heavy atom. The minimum atomic E-state index is 0.0709. The molecule has 1 atom stereocenters. The molecular formula is C20H33N3O2. The molecular weight excluding hydrogens is 314 g/mol. The zero-order chi connectivity index (χ0) is 17.2. The Hall–Kier alpha value is -1.10. The third-order valence-corrected chi connectivity index (χ3v) is 6.99. The van der Waals surface area contributed by atoms with Gasteiger partial charge in [-0.15, -0.1) is 0 Å². The fourth-order valence-corrected chi connectivity index (χ4v) is 5.19. The molecule has 0 radical (unpaired) electrons. The van der Waals surface area contributed by atoms with Crippen molar-refractivity contribution in [3.8, 4) is 0 Å². The van der Waals surface area contributed by atoms with E-state index in [0.29, 0.717) is 23.7 Å². The van der Waals surface area contributed by atoms with Crippen LogP contribution in [0, 0.1) is 11.8 Å². The normalized spacial score (nSPS) is 27.5. The lowest BCUT2D eigenvalue weighted by molar-refractivity contribution is -0.143. The van der Waals surface area contributed by atoms with Crippen LogP contribution in [-0.4, -0.2) is 71.8 Å². The number of amides is 2. The second kappa shape index (κ2) is 7.65. The van der Waals surface area contributed by atoms with Crippen LogP contribution in [0.5, 0.6) is 0 Å². The molecule has 1 unspecified atom stereocenters. The predicted molar refractivity (Wildman–Crippen MR) is 97.1 cm³/mol. The summed E-state index contributed by atoms with van der Waals surface area (Å²) in [4.78, 5) is 32.3. The molecule has 2 aliphatic heterocycles. The van der Waals surface area contributed by atoms with Crippen molar-refractivity contribution in [2.45, 2.75) is 63.8 Å². The molecule has 0 bridgehead atoms. The number of rotatable bonds is 4. The number of carbonyl (C=O) groups is 2. The van der Waals surface area contributed by atoms with E-state index in [9.17, 15) is 9.59 Å². The molecule has 2 amide bonds. The lowest BCUT2D eigenvalue weighted by Crippen LogP contribution is -2.59. The van der Waals surface area contributed by atoms with Crippen LogP contribution in [0.3, 0.4) is 0 Å². The monoisotopic (exact) mass is 347 g/mol. The van der Waals surface area contributed by atoms with Gasteiger partial charge < -0.3 is 9.80 Å². The van der Waals surface area contributed by atoms with Gasteiger partial charge in [0.2, 0.25) is 11.8 Å². The summed E-state index contributed by atoms with van der Waals surface area (Å²) in [5, 5.41) is 0. The summed E-state index contributed by atoms with van der Waals surface area (Å²) in [6, 6.07) is 0.0709. The van der Waals surface area contributed by atoms with Gasteiger partial charge in [-0.05, 0) is 44.4 Å². The summed E-state index contributed by atoms with van der Waals surface area (Å²) in [7, 11) is 0. The topological polar surface area (TPSA) is 43.9 Å². The van der Waals surface area contributed by atoms with Crippen molar-refractivity contribution in [3.63, 3.8) is 0 Å². The van der Waals surface area contributed by atoms with E-state index in [4.69, 9.17) is 0 Å². The van der Waals surface area contributed by atoms with E-state index in [-0.39, 0.29) is 6.04 Å². The Morgan fingerprint density at radius 1 is 0.680 bits per heavy atom. The first kappa shape index (κ1) is 17.3. The van der Waals surface area contributed by atoms with Gasteiger partial charge >= 0.3 is 0 Å². The minimum Gasteiger partial charge on any atom is -0.341 e. The molecule has 4 rings (SSSR count). The van der Waals surface area contributed by atoms with Crippen molar-refractivity contribution >= 4 is 11.8 Å². The smallest absolute Gasteiger partial charge is 0.240 e. The average Bonchev–Trinajstić information content (AvgIpc) is 3.28. The van der Waals surface area contributed by atoms with Gasteiger partial charge in [-0.1, -0.05) is 19.3 Å². The highest BCUT2D eigenvalue weighted by atomic mass is 16.2. The van der Waals surface area contributed by atoms with Crippen molar-refractivity contribution in [1.29, 1.82) is 0 Å². The summed E-state index contributed by atoms with van der Waals surface area (Å²) >= 11 is 0. The Labute approximate surface area is 151 Å². The van der Waals surface area contributed by atoms with Gasteiger partial charge in [-0.3, -0.25) is 14.5 Å². The summed E-state index contributed by atoms with van der Waals surface area (Å²) in [5.74, 6) is 1.57. The second-order valence-electron chi connectivity index (χ2n) is 8.51. The molecule has 25 heavy (non-hydrogen) atoms. The van der Waals surface area contributed by atoms with Crippen molar-refractivity contribution < 1.29 is 9.59 Å². The van der Waals surface area contributed by atoms with Crippen LogP contribution in [0.2, 0.25) is 0 Å². The van der Waals surface area contributed by atoms with Crippen LogP contribution < -0.4 is 0 Å². The summed E-state index contributed by atoms with van der Waals surface area (Å²) in [6.45, 7) is 5.26. The highest BCUT2D eigenvalue weighted by Gasteiger charge is 2.40. The van der Waals surface area contributed by atoms with Gasteiger partial charge in [0.25, 0.3) is 0 Å². The number of carbonyl (C=O) groups excluding carboxylic acids is 2. The molecule has 2 saturated heterocycles. The summed E-state index contributed by atoms with van der Waals surface area (Å²) < 4.78 is 0. The number of nitrogens with zero attached hydrogens (tertiary/aromatic N) is 3. The SMILES string of the molecule is O=C(C1CCC1)N1CCN(C(C(=O)N2CCCC2)C2CCCC2)CC1. The van der Waals surface area contributed by atoms with Crippen LogP contribution >= 0.6 is 0 Å². The van der Waals surface area contributed by atoms with Crippen molar-refractivity contribution in [2.24, 2.45) is 11.8 Å². The lowest BCUT2D eigenvalue weighted by Gasteiger charge is -2.43. The Bertz CT molecular complexity index is 485. The van der Waals surface area contributed by atoms with Gasteiger partial charge in [-0.2, -0.15) is 0 Å². The van der Waals surface area contributed by atoms with Crippen molar-refractivity contribution in [3.05, 3.63) is 0 Å². The first-order valence-corrected chi connectivity index (χ1v) is 10.6. The molecule has 5 heteroatoms. The maximum atomic E-state index is 13.2. The standard InChI is InChI=1S/C20H33N3O2/c24-19(17-8-5-9-17)23-14-12-21(13-15-23)18(16-6-1-2-7-16)20(25)22-10-3-4-11-22/h16-18H,1-15H2. The predicted octanol–water partition coefficient (Wildman–Crippen LogP) is 2.11. The van der Waals surface area contributed by atoms with Gasteiger partial charge in [0.15, 0.2) is 0 Å². The second-order valence-corrected chi connectivity index (χ2v) is 8.51. The maximum Gasteiger partial charge on any atom is 0.240 e. The lowest BCUT2D eigenvalue weighted by atomic mass is 9.84. The first-order valence-electron chi connectivity index (χ1n) is 10.6. The van der Waals surface area contributed by atoms with Crippen molar-refractivity contribution in [1.82, 2.24) is 14.7 Å². The molecule has 140 valence electrons. The first-order chi connectivity index (χ1) is 12.2. The Kier molecular flexibility index (Phi) is 5.30. The largest absolute Gasteiger partial charge is 0.341 e. The molecule has 2 heterocycles. The van der Waals surface area contributed by atoms with E-state index >= 15 is 0 Å². The number of hydrogen-bond donors (Lipinski definition) is 0. The molecule has 0 N–H and O–H groups in total. The van der Waals surface area contributed by atoms with E-state index in [1.165, 1.54) is 32.1 Å². The third kappa shape index (κ3) is 3.57. The van der Waals surface area contributed by atoms with E-state index in [1.54, 1.807) is 0 Å². The van der Waals surface area contributed by atoms with Crippen molar-refractivity contribution in [2.75, 3.05) is 39.3 Å². The highest BCUT2D eigenvalue weighted by Crippen LogP contribution is 2.33. The zero-order valence-electron chi connectivity index (χ0n) is 15.5. The molecule has 0 spiro atoms. The molecule has 4 aliphatic rings. The minimum absolute atomic E-state index is 0.0709. The van der Waals surface area contributed by atoms with E-state index in [0.717, 1.165) is 65.0 Å². The average molecular weight is 348 g/mol.